The zero-order valence-electron chi connectivity index (χ0n) is 11.6. The van der Waals surface area contributed by atoms with E-state index in [1.54, 1.807) is 0 Å². The topological polar surface area (TPSA) is 17.0 Å². The van der Waals surface area contributed by atoms with Crippen molar-refractivity contribution in [3.63, 3.8) is 0 Å². The van der Waals surface area contributed by atoms with Gasteiger partial charge in [0.05, 0.1) is 5.52 Å². The van der Waals surface area contributed by atoms with E-state index < -0.39 is 0 Å². The molecule has 1 aromatic heterocycles. The van der Waals surface area contributed by atoms with Crippen LogP contribution in [0.3, 0.4) is 0 Å². The van der Waals surface area contributed by atoms with Gasteiger partial charge < -0.3 is 9.88 Å². The number of benzene rings is 1. The molecule has 1 aliphatic rings. The van der Waals surface area contributed by atoms with E-state index >= 15 is 0 Å². The van der Waals surface area contributed by atoms with E-state index in [4.69, 9.17) is 0 Å². The molecule has 0 amide bonds. The van der Waals surface area contributed by atoms with Crippen molar-refractivity contribution in [2.45, 2.75) is 32.6 Å². The van der Waals surface area contributed by atoms with E-state index in [-0.39, 0.29) is 0 Å². The van der Waals surface area contributed by atoms with Crippen LogP contribution in [0.2, 0.25) is 0 Å². The molecule has 0 saturated carbocycles. The third-order valence-corrected chi connectivity index (χ3v) is 4.43. The molecule has 2 aromatic rings. The highest BCUT2D eigenvalue weighted by molar-refractivity contribution is 5.88. The maximum Gasteiger partial charge on any atom is 0.0515 e. The smallest absolute Gasteiger partial charge is 0.0515 e. The summed E-state index contributed by atoms with van der Waals surface area (Å²) >= 11 is 0. The maximum absolute atomic E-state index is 3.48. The lowest BCUT2D eigenvalue weighted by Crippen LogP contribution is -2.11. The average molecular weight is 242 g/mol. The molecular formula is C16H22N2. The Labute approximate surface area is 109 Å². The number of nitrogens with zero attached hydrogens (tertiary/aromatic N) is 1. The Balaban J connectivity index is 2.26. The second kappa shape index (κ2) is 4.43. The van der Waals surface area contributed by atoms with E-state index in [2.05, 4.69) is 49.0 Å². The number of nitrogens with one attached hydrogen (secondary N) is 1. The van der Waals surface area contributed by atoms with Gasteiger partial charge >= 0.3 is 0 Å². The summed E-state index contributed by atoms with van der Waals surface area (Å²) in [5.74, 6) is 0.687. The summed E-state index contributed by atoms with van der Waals surface area (Å²) in [5.41, 5.74) is 5.93. The standard InChI is InChI=1S/C16H22N2/c1-4-12-6-5-7-14-11(2)15(18(3)16(12)14)13-8-9-17-10-13/h5-7,13,17H,4,8-10H2,1-3H3. The second-order valence-electron chi connectivity index (χ2n) is 5.43. The zero-order valence-corrected chi connectivity index (χ0v) is 11.6. The predicted octanol–water partition coefficient (Wildman–Crippen LogP) is 3.13. The van der Waals surface area contributed by atoms with Gasteiger partial charge in [-0.1, -0.05) is 25.1 Å². The molecule has 2 heteroatoms. The van der Waals surface area contributed by atoms with E-state index in [0.717, 1.165) is 19.5 Å². The summed E-state index contributed by atoms with van der Waals surface area (Å²) in [6.45, 7) is 6.82. The SMILES string of the molecule is CCc1cccc2c(C)c(C3CCNC3)n(C)c12. The van der Waals surface area contributed by atoms with Crippen molar-refractivity contribution in [1.82, 2.24) is 9.88 Å². The lowest BCUT2D eigenvalue weighted by atomic mass is 10.00. The van der Waals surface area contributed by atoms with Crippen molar-refractivity contribution in [2.24, 2.45) is 7.05 Å². The van der Waals surface area contributed by atoms with Crippen LogP contribution < -0.4 is 5.32 Å². The van der Waals surface area contributed by atoms with E-state index in [9.17, 15) is 0 Å². The molecule has 1 aliphatic heterocycles. The van der Waals surface area contributed by atoms with Crippen molar-refractivity contribution < 1.29 is 0 Å². The average Bonchev–Trinajstić information content (AvgIpc) is 2.98. The Morgan fingerprint density at radius 2 is 2.22 bits per heavy atom. The maximum atomic E-state index is 3.48. The van der Waals surface area contributed by atoms with Gasteiger partial charge in [0.25, 0.3) is 0 Å². The molecule has 0 bridgehead atoms. The number of hydrogen-bond donors (Lipinski definition) is 1. The minimum atomic E-state index is 0.687. The van der Waals surface area contributed by atoms with Crippen LogP contribution in [0.25, 0.3) is 10.9 Å². The van der Waals surface area contributed by atoms with Gasteiger partial charge in [-0.2, -0.15) is 0 Å². The third kappa shape index (κ3) is 1.59. The molecule has 1 unspecified atom stereocenters. The third-order valence-electron chi connectivity index (χ3n) is 4.43. The van der Waals surface area contributed by atoms with Gasteiger partial charge in [0, 0.05) is 30.6 Å². The van der Waals surface area contributed by atoms with E-state index in [1.807, 2.05) is 0 Å². The fourth-order valence-corrected chi connectivity index (χ4v) is 3.55. The number of aromatic nitrogens is 1. The fraction of sp³-hybridized carbons (Fsp3) is 0.500. The van der Waals surface area contributed by atoms with Crippen LogP contribution in [-0.4, -0.2) is 17.7 Å². The highest BCUT2D eigenvalue weighted by Crippen LogP contribution is 2.34. The lowest BCUT2D eigenvalue weighted by Gasteiger charge is -2.13. The summed E-state index contributed by atoms with van der Waals surface area (Å²) in [6.07, 6.45) is 2.38. The first-order chi connectivity index (χ1) is 8.74. The van der Waals surface area contributed by atoms with Gasteiger partial charge in [-0.05, 0) is 37.4 Å². The lowest BCUT2D eigenvalue weighted by molar-refractivity contribution is 0.688. The van der Waals surface area contributed by atoms with E-state index in [0.29, 0.717) is 5.92 Å². The normalized spacial score (nSPS) is 19.8. The number of rotatable bonds is 2. The molecule has 1 saturated heterocycles. The number of hydrogen-bond acceptors (Lipinski definition) is 1. The van der Waals surface area contributed by atoms with Gasteiger partial charge in [0.2, 0.25) is 0 Å². The highest BCUT2D eigenvalue weighted by atomic mass is 15.0. The fourth-order valence-electron chi connectivity index (χ4n) is 3.55. The van der Waals surface area contributed by atoms with Gasteiger partial charge in [-0.3, -0.25) is 0 Å². The molecule has 1 aromatic carbocycles. The van der Waals surface area contributed by atoms with Crippen LogP contribution in [-0.2, 0) is 13.5 Å². The van der Waals surface area contributed by atoms with Crippen LogP contribution in [0.5, 0.6) is 0 Å². The first-order valence-corrected chi connectivity index (χ1v) is 7.01. The minimum Gasteiger partial charge on any atom is -0.347 e. The first kappa shape index (κ1) is 11.8. The van der Waals surface area contributed by atoms with Crippen LogP contribution in [0.15, 0.2) is 18.2 Å². The zero-order chi connectivity index (χ0) is 12.7. The molecule has 0 radical (unpaired) electrons. The first-order valence-electron chi connectivity index (χ1n) is 7.01. The molecule has 2 nitrogen and oxygen atoms in total. The quantitative estimate of drug-likeness (QED) is 0.856. The number of para-hydroxylation sites is 1. The molecule has 0 aliphatic carbocycles. The van der Waals surface area contributed by atoms with Crippen molar-refractivity contribution in [1.29, 1.82) is 0 Å². The van der Waals surface area contributed by atoms with Crippen molar-refractivity contribution >= 4 is 10.9 Å². The van der Waals surface area contributed by atoms with Crippen molar-refractivity contribution in [2.75, 3.05) is 13.1 Å². The molecule has 3 rings (SSSR count). The summed E-state index contributed by atoms with van der Waals surface area (Å²) < 4.78 is 2.45. The van der Waals surface area contributed by atoms with Crippen LogP contribution in [0.1, 0.15) is 36.1 Å². The van der Waals surface area contributed by atoms with Gasteiger partial charge in [0.15, 0.2) is 0 Å². The molecule has 1 fully saturated rings. The molecule has 0 spiro atoms. The summed E-state index contributed by atoms with van der Waals surface area (Å²) in [6, 6.07) is 6.74. The Morgan fingerprint density at radius 1 is 1.39 bits per heavy atom. The molecule has 1 N–H and O–H groups in total. The Bertz CT molecular complexity index is 574. The Hall–Kier alpha value is -1.28. The molecule has 96 valence electrons. The summed E-state index contributed by atoms with van der Waals surface area (Å²) in [7, 11) is 2.24. The van der Waals surface area contributed by atoms with Crippen LogP contribution >= 0.6 is 0 Å². The van der Waals surface area contributed by atoms with Gasteiger partial charge in [-0.25, -0.2) is 0 Å². The summed E-state index contributed by atoms with van der Waals surface area (Å²) in [5, 5.41) is 4.93. The second-order valence-corrected chi connectivity index (χ2v) is 5.43. The monoisotopic (exact) mass is 242 g/mol. The minimum absolute atomic E-state index is 0.687. The molecule has 1 atom stereocenters. The molecule has 2 heterocycles. The van der Waals surface area contributed by atoms with Crippen LogP contribution in [0.4, 0.5) is 0 Å². The van der Waals surface area contributed by atoms with Crippen LogP contribution in [0, 0.1) is 6.92 Å². The van der Waals surface area contributed by atoms with E-state index in [1.165, 1.54) is 34.1 Å². The molecular weight excluding hydrogens is 220 g/mol. The Kier molecular flexibility index (Phi) is 2.90. The predicted molar refractivity (Wildman–Crippen MR) is 77.3 cm³/mol. The molecule has 18 heavy (non-hydrogen) atoms. The van der Waals surface area contributed by atoms with Gasteiger partial charge in [0.1, 0.15) is 0 Å². The van der Waals surface area contributed by atoms with Crippen molar-refractivity contribution in [3.05, 3.63) is 35.0 Å². The summed E-state index contributed by atoms with van der Waals surface area (Å²) in [4.78, 5) is 0. The largest absolute Gasteiger partial charge is 0.347 e. The van der Waals surface area contributed by atoms with Crippen molar-refractivity contribution in [3.8, 4) is 0 Å². The van der Waals surface area contributed by atoms with Gasteiger partial charge in [-0.15, -0.1) is 0 Å². The number of fused-ring (bicyclic) bond motifs is 1. The Morgan fingerprint density at radius 3 is 2.89 bits per heavy atom. The number of aryl methyl sites for hydroxylation is 3. The highest BCUT2D eigenvalue weighted by Gasteiger charge is 2.24.